The van der Waals surface area contributed by atoms with Crippen LogP contribution in [0.4, 0.5) is 4.39 Å². The summed E-state index contributed by atoms with van der Waals surface area (Å²) in [4.78, 5) is 2.34. The van der Waals surface area contributed by atoms with Gasteiger partial charge in [0.1, 0.15) is 24.3 Å². The van der Waals surface area contributed by atoms with Crippen LogP contribution in [0.25, 0.3) is 0 Å². The maximum absolute atomic E-state index is 12.9. The zero-order chi connectivity index (χ0) is 17.6. The van der Waals surface area contributed by atoms with Crippen molar-refractivity contribution in [2.75, 3.05) is 13.2 Å². The van der Waals surface area contributed by atoms with Crippen LogP contribution in [0.2, 0.25) is 0 Å². The number of ether oxygens (including phenoxy) is 1. The van der Waals surface area contributed by atoms with E-state index in [-0.39, 0.29) is 12.4 Å². The molecule has 1 fully saturated rings. The van der Waals surface area contributed by atoms with Gasteiger partial charge < -0.3 is 9.84 Å². The number of aliphatic hydroxyl groups is 1. The van der Waals surface area contributed by atoms with Crippen LogP contribution in [0.1, 0.15) is 25.3 Å². The quantitative estimate of drug-likeness (QED) is 0.750. The van der Waals surface area contributed by atoms with E-state index in [4.69, 9.17) is 4.74 Å². The topological polar surface area (TPSA) is 32.7 Å². The first-order valence-corrected chi connectivity index (χ1v) is 8.96. The van der Waals surface area contributed by atoms with Gasteiger partial charge in [-0.1, -0.05) is 30.3 Å². The van der Waals surface area contributed by atoms with Crippen molar-refractivity contribution < 1.29 is 14.2 Å². The molecule has 1 aliphatic rings. The van der Waals surface area contributed by atoms with Gasteiger partial charge in [0.25, 0.3) is 0 Å². The van der Waals surface area contributed by atoms with E-state index in [1.807, 2.05) is 18.2 Å². The maximum atomic E-state index is 12.9. The number of hydrogen-bond acceptors (Lipinski definition) is 3. The maximum Gasteiger partial charge on any atom is 0.123 e. The van der Waals surface area contributed by atoms with E-state index in [2.05, 4.69) is 24.0 Å². The van der Waals surface area contributed by atoms with Crippen LogP contribution in [0.3, 0.4) is 0 Å². The normalized spacial score (nSPS) is 16.6. The van der Waals surface area contributed by atoms with Crippen molar-refractivity contribution >= 4 is 0 Å². The van der Waals surface area contributed by atoms with Gasteiger partial charge in [-0.05, 0) is 55.5 Å². The first-order chi connectivity index (χ1) is 12.1. The average molecular weight is 343 g/mol. The summed E-state index contributed by atoms with van der Waals surface area (Å²) < 4.78 is 18.5. The molecule has 134 valence electrons. The second-order valence-electron chi connectivity index (χ2n) is 6.91. The Bertz CT molecular complexity index is 643. The highest BCUT2D eigenvalue weighted by Crippen LogP contribution is 2.35. The molecular formula is C21H26FNO2. The number of hydrogen-bond donors (Lipinski definition) is 1. The lowest BCUT2D eigenvalue weighted by Gasteiger charge is -2.31. The van der Waals surface area contributed by atoms with Gasteiger partial charge in [-0.3, -0.25) is 4.90 Å². The molecule has 25 heavy (non-hydrogen) atoms. The van der Waals surface area contributed by atoms with Gasteiger partial charge in [0.15, 0.2) is 0 Å². The summed E-state index contributed by atoms with van der Waals surface area (Å²) in [5, 5.41) is 10.4. The molecule has 0 bridgehead atoms. The Balaban J connectivity index is 1.55. The number of nitrogens with zero attached hydrogens (tertiary/aromatic N) is 1. The highest BCUT2D eigenvalue weighted by molar-refractivity contribution is 5.22. The molecule has 2 aromatic carbocycles. The Morgan fingerprint density at radius 1 is 1.12 bits per heavy atom. The molecule has 3 nitrogen and oxygen atoms in total. The van der Waals surface area contributed by atoms with Crippen LogP contribution in [0.15, 0.2) is 54.6 Å². The molecule has 2 aromatic rings. The third-order valence-corrected chi connectivity index (χ3v) is 4.81. The minimum absolute atomic E-state index is 0.203. The minimum atomic E-state index is -0.588. The van der Waals surface area contributed by atoms with Crippen molar-refractivity contribution in [3.05, 3.63) is 66.0 Å². The lowest BCUT2D eigenvalue weighted by atomic mass is 10.1. The average Bonchev–Trinajstić information content (AvgIpc) is 3.46. The zero-order valence-corrected chi connectivity index (χ0v) is 14.6. The molecule has 3 rings (SSSR count). The van der Waals surface area contributed by atoms with Gasteiger partial charge in [-0.2, -0.15) is 0 Å². The molecule has 0 amide bonds. The van der Waals surface area contributed by atoms with Crippen LogP contribution in [0, 0.1) is 11.7 Å². The van der Waals surface area contributed by atoms with E-state index in [1.165, 1.54) is 30.5 Å². The molecule has 4 heteroatoms. The van der Waals surface area contributed by atoms with Crippen molar-refractivity contribution in [1.82, 2.24) is 4.90 Å². The van der Waals surface area contributed by atoms with Gasteiger partial charge in [-0.25, -0.2) is 4.39 Å². The fourth-order valence-electron chi connectivity index (χ4n) is 3.12. The lowest BCUT2D eigenvalue weighted by molar-refractivity contribution is 0.0472. The van der Waals surface area contributed by atoms with E-state index in [0.29, 0.717) is 18.3 Å². The van der Waals surface area contributed by atoms with Crippen LogP contribution < -0.4 is 4.74 Å². The Morgan fingerprint density at radius 2 is 1.80 bits per heavy atom. The van der Waals surface area contributed by atoms with Crippen LogP contribution in [0.5, 0.6) is 5.75 Å². The smallest absolute Gasteiger partial charge is 0.123 e. The molecule has 2 atom stereocenters. The molecule has 0 saturated heterocycles. The van der Waals surface area contributed by atoms with Gasteiger partial charge in [-0.15, -0.1) is 0 Å². The van der Waals surface area contributed by atoms with Gasteiger partial charge >= 0.3 is 0 Å². The van der Waals surface area contributed by atoms with Crippen LogP contribution in [-0.2, 0) is 6.54 Å². The highest BCUT2D eigenvalue weighted by Gasteiger charge is 2.32. The summed E-state index contributed by atoms with van der Waals surface area (Å²) in [6.45, 7) is 3.84. The predicted octanol–water partition coefficient (Wildman–Crippen LogP) is 3.87. The molecule has 1 aliphatic carbocycles. The lowest BCUT2D eigenvalue weighted by Crippen LogP contribution is -2.41. The number of benzene rings is 2. The fourth-order valence-corrected chi connectivity index (χ4v) is 3.12. The van der Waals surface area contributed by atoms with Crippen LogP contribution in [-0.4, -0.2) is 35.3 Å². The monoisotopic (exact) mass is 343 g/mol. The molecule has 0 radical (unpaired) electrons. The first kappa shape index (κ1) is 17.9. The van der Waals surface area contributed by atoms with E-state index < -0.39 is 6.10 Å². The Kier molecular flexibility index (Phi) is 6.05. The highest BCUT2D eigenvalue weighted by atomic mass is 19.1. The molecular weight excluding hydrogens is 317 g/mol. The summed E-state index contributed by atoms with van der Waals surface area (Å²) >= 11 is 0. The molecule has 0 heterocycles. The van der Waals surface area contributed by atoms with E-state index in [0.717, 1.165) is 12.5 Å². The van der Waals surface area contributed by atoms with Crippen molar-refractivity contribution in [3.8, 4) is 5.75 Å². The Hall–Kier alpha value is -1.91. The number of rotatable bonds is 9. The minimum Gasteiger partial charge on any atom is -0.491 e. The van der Waals surface area contributed by atoms with Gasteiger partial charge in [0.05, 0.1) is 0 Å². The molecule has 0 aromatic heterocycles. The third kappa shape index (κ3) is 5.55. The van der Waals surface area contributed by atoms with Crippen molar-refractivity contribution in [1.29, 1.82) is 0 Å². The van der Waals surface area contributed by atoms with Crippen molar-refractivity contribution in [3.63, 3.8) is 0 Å². The van der Waals surface area contributed by atoms with E-state index in [1.54, 1.807) is 12.1 Å². The Morgan fingerprint density at radius 3 is 2.44 bits per heavy atom. The summed E-state index contributed by atoms with van der Waals surface area (Å²) in [5.41, 5.74) is 1.25. The van der Waals surface area contributed by atoms with Gasteiger partial charge in [0.2, 0.25) is 0 Å². The fraction of sp³-hybridized carbons (Fsp3) is 0.429. The summed E-state index contributed by atoms with van der Waals surface area (Å²) in [6, 6.07) is 16.7. The van der Waals surface area contributed by atoms with E-state index >= 15 is 0 Å². The Labute approximate surface area is 149 Å². The number of aliphatic hydroxyl groups excluding tert-OH is 1. The molecule has 1 N–H and O–H groups in total. The number of halogens is 1. The largest absolute Gasteiger partial charge is 0.491 e. The summed E-state index contributed by atoms with van der Waals surface area (Å²) in [6.07, 6.45) is 1.96. The second kappa shape index (κ2) is 8.45. The van der Waals surface area contributed by atoms with Crippen LogP contribution >= 0.6 is 0 Å². The summed E-state index contributed by atoms with van der Waals surface area (Å²) in [7, 11) is 0. The second-order valence-corrected chi connectivity index (χ2v) is 6.91. The molecule has 0 spiro atoms. The standard InChI is InChI=1S/C21H26FNO2/c1-16(18-7-8-18)23(13-17-5-3-2-4-6-17)14-20(24)15-25-21-11-9-19(22)10-12-21/h2-6,9-12,16,18,20,24H,7-8,13-15H2,1H3. The van der Waals surface area contributed by atoms with Crippen molar-refractivity contribution in [2.24, 2.45) is 5.92 Å². The SMILES string of the molecule is CC(C1CC1)N(Cc1ccccc1)CC(O)COc1ccc(F)cc1. The third-order valence-electron chi connectivity index (χ3n) is 4.81. The predicted molar refractivity (Wildman–Crippen MR) is 96.9 cm³/mol. The first-order valence-electron chi connectivity index (χ1n) is 8.96. The van der Waals surface area contributed by atoms with Gasteiger partial charge in [0, 0.05) is 19.1 Å². The zero-order valence-electron chi connectivity index (χ0n) is 14.6. The molecule has 2 unspecified atom stereocenters. The summed E-state index contributed by atoms with van der Waals surface area (Å²) in [5.74, 6) is 1.01. The molecule has 1 saturated carbocycles. The molecule has 0 aliphatic heterocycles. The van der Waals surface area contributed by atoms with Crippen molar-refractivity contribution in [2.45, 2.75) is 38.5 Å². The van der Waals surface area contributed by atoms with E-state index in [9.17, 15) is 9.50 Å².